The average molecular weight is 340 g/mol. The Labute approximate surface area is 143 Å². The second-order valence-corrected chi connectivity index (χ2v) is 7.51. The summed E-state index contributed by atoms with van der Waals surface area (Å²) in [5.74, 6) is 0.229. The highest BCUT2D eigenvalue weighted by molar-refractivity contribution is 7.09. The number of unbranched alkanes of at least 4 members (excludes halogenated alkanes) is 1. The van der Waals surface area contributed by atoms with Crippen molar-refractivity contribution in [1.82, 2.24) is 15.2 Å². The molecule has 0 saturated heterocycles. The van der Waals surface area contributed by atoms with Crippen LogP contribution >= 0.6 is 11.3 Å². The van der Waals surface area contributed by atoms with E-state index >= 15 is 0 Å². The fourth-order valence-electron chi connectivity index (χ4n) is 3.08. The molecule has 1 aliphatic rings. The van der Waals surface area contributed by atoms with Crippen molar-refractivity contribution in [1.29, 1.82) is 0 Å². The number of aryl methyl sites for hydroxylation is 2. The molecule has 1 aliphatic carbocycles. The number of urea groups is 1. The van der Waals surface area contributed by atoms with E-state index in [1.807, 2.05) is 14.0 Å². The molecule has 2 unspecified atom stereocenters. The number of carbonyl (C=O) groups is 1. The van der Waals surface area contributed by atoms with Crippen LogP contribution in [0.15, 0.2) is 5.38 Å². The van der Waals surface area contributed by atoms with Gasteiger partial charge in [0.25, 0.3) is 0 Å². The number of carbonyl (C=O) groups excluding carboxylic acids is 1. The van der Waals surface area contributed by atoms with Crippen LogP contribution in [-0.4, -0.2) is 47.3 Å². The molecule has 5 nitrogen and oxygen atoms in total. The molecular formula is C17H29N3O2S. The van der Waals surface area contributed by atoms with Gasteiger partial charge in [0.2, 0.25) is 0 Å². The van der Waals surface area contributed by atoms with Gasteiger partial charge in [0.1, 0.15) is 0 Å². The zero-order chi connectivity index (χ0) is 16.7. The van der Waals surface area contributed by atoms with Crippen molar-refractivity contribution < 1.29 is 9.90 Å². The minimum Gasteiger partial charge on any atom is -0.393 e. The van der Waals surface area contributed by atoms with E-state index < -0.39 is 0 Å². The first-order chi connectivity index (χ1) is 11.1. The van der Waals surface area contributed by atoms with E-state index in [1.54, 1.807) is 16.2 Å². The molecule has 1 aromatic heterocycles. The van der Waals surface area contributed by atoms with Crippen LogP contribution in [0, 0.1) is 12.8 Å². The van der Waals surface area contributed by atoms with E-state index in [4.69, 9.17) is 0 Å². The lowest BCUT2D eigenvalue weighted by Gasteiger charge is -2.31. The monoisotopic (exact) mass is 339 g/mol. The second-order valence-electron chi connectivity index (χ2n) is 6.56. The van der Waals surface area contributed by atoms with Gasteiger partial charge in [-0.15, -0.1) is 11.3 Å². The molecule has 0 spiro atoms. The summed E-state index contributed by atoms with van der Waals surface area (Å²) in [5, 5.41) is 16.2. The quantitative estimate of drug-likeness (QED) is 0.751. The summed E-state index contributed by atoms with van der Waals surface area (Å²) in [4.78, 5) is 18.2. The fraction of sp³-hybridized carbons (Fsp3) is 0.765. The summed E-state index contributed by atoms with van der Waals surface area (Å²) in [5.41, 5.74) is 1.09. The molecule has 23 heavy (non-hydrogen) atoms. The van der Waals surface area contributed by atoms with Gasteiger partial charge in [-0.3, -0.25) is 0 Å². The molecule has 2 rings (SSSR count). The summed E-state index contributed by atoms with van der Waals surface area (Å²) < 4.78 is 0. The Morgan fingerprint density at radius 3 is 2.91 bits per heavy atom. The molecule has 0 aliphatic heterocycles. The van der Waals surface area contributed by atoms with E-state index in [-0.39, 0.29) is 18.1 Å². The van der Waals surface area contributed by atoms with Gasteiger partial charge < -0.3 is 15.3 Å². The van der Waals surface area contributed by atoms with Gasteiger partial charge in [-0.1, -0.05) is 12.8 Å². The minimum absolute atomic E-state index is 0.0344. The number of hydrogen-bond donors (Lipinski definition) is 2. The molecule has 1 aromatic rings. The van der Waals surface area contributed by atoms with Crippen LogP contribution in [0.2, 0.25) is 0 Å². The van der Waals surface area contributed by atoms with Crippen molar-refractivity contribution in [2.24, 2.45) is 5.92 Å². The number of rotatable bonds is 7. The molecule has 6 heteroatoms. The molecule has 0 aromatic carbocycles. The average Bonchev–Trinajstić information content (AvgIpc) is 2.94. The molecule has 1 heterocycles. The molecule has 0 bridgehead atoms. The Bertz CT molecular complexity index is 492. The second kappa shape index (κ2) is 9.23. The summed E-state index contributed by atoms with van der Waals surface area (Å²) in [6.07, 6.45) is 6.89. The van der Waals surface area contributed by atoms with E-state index in [1.165, 1.54) is 5.01 Å². The molecule has 130 valence electrons. The van der Waals surface area contributed by atoms with E-state index in [9.17, 15) is 9.90 Å². The summed E-state index contributed by atoms with van der Waals surface area (Å²) >= 11 is 1.71. The zero-order valence-corrected chi connectivity index (χ0v) is 15.1. The third kappa shape index (κ3) is 6.11. The van der Waals surface area contributed by atoms with Crippen LogP contribution in [0.5, 0.6) is 0 Å². The van der Waals surface area contributed by atoms with Crippen molar-refractivity contribution in [2.45, 2.75) is 58.0 Å². The predicted molar refractivity (Wildman–Crippen MR) is 93.8 cm³/mol. The van der Waals surface area contributed by atoms with Crippen molar-refractivity contribution >= 4 is 17.4 Å². The standard InChI is InChI=1S/C17H29N3O2S/c1-13-12-23-16(19-13)9-5-6-10-18-17(22)20(2)11-14-7-3-4-8-15(14)21/h12,14-15,21H,3-11H2,1-2H3,(H,18,22). The number of hydrogen-bond acceptors (Lipinski definition) is 4. The smallest absolute Gasteiger partial charge is 0.317 e. The summed E-state index contributed by atoms with van der Waals surface area (Å²) in [7, 11) is 1.81. The van der Waals surface area contributed by atoms with E-state index in [0.717, 1.165) is 50.6 Å². The van der Waals surface area contributed by atoms with Crippen LogP contribution in [0.25, 0.3) is 0 Å². The lowest BCUT2D eigenvalue weighted by atomic mass is 9.86. The molecule has 2 N–H and O–H groups in total. The van der Waals surface area contributed by atoms with Gasteiger partial charge in [-0.2, -0.15) is 0 Å². The van der Waals surface area contributed by atoms with Crippen molar-refractivity contribution in [3.8, 4) is 0 Å². The largest absolute Gasteiger partial charge is 0.393 e. The van der Waals surface area contributed by atoms with Gasteiger partial charge in [-0.25, -0.2) is 9.78 Å². The van der Waals surface area contributed by atoms with Crippen molar-refractivity contribution in [3.63, 3.8) is 0 Å². The molecule has 2 amide bonds. The maximum Gasteiger partial charge on any atom is 0.317 e. The highest BCUT2D eigenvalue weighted by atomic mass is 32.1. The van der Waals surface area contributed by atoms with E-state index in [0.29, 0.717) is 13.1 Å². The van der Waals surface area contributed by atoms with Crippen molar-refractivity contribution in [2.75, 3.05) is 20.1 Å². The first-order valence-corrected chi connectivity index (χ1v) is 9.52. The molecule has 1 fully saturated rings. The Hall–Kier alpha value is -1.14. The van der Waals surface area contributed by atoms with Crippen LogP contribution in [-0.2, 0) is 6.42 Å². The third-order valence-electron chi connectivity index (χ3n) is 4.48. The number of amides is 2. The number of thiazole rings is 1. The highest BCUT2D eigenvalue weighted by Gasteiger charge is 2.25. The molecule has 2 atom stereocenters. The van der Waals surface area contributed by atoms with Gasteiger partial charge in [0.05, 0.1) is 11.1 Å². The Kier molecular flexibility index (Phi) is 7.30. The van der Waals surface area contributed by atoms with Crippen LogP contribution in [0.4, 0.5) is 4.79 Å². The fourth-order valence-corrected chi connectivity index (χ4v) is 3.90. The first kappa shape index (κ1) is 18.2. The zero-order valence-electron chi connectivity index (χ0n) is 14.3. The summed E-state index contributed by atoms with van der Waals surface area (Å²) in [6, 6.07) is -0.0344. The van der Waals surface area contributed by atoms with Gasteiger partial charge >= 0.3 is 6.03 Å². The normalized spacial score (nSPS) is 21.2. The SMILES string of the molecule is Cc1csc(CCCCNC(=O)N(C)CC2CCCCC2O)n1. The molecular weight excluding hydrogens is 310 g/mol. The number of aliphatic hydroxyl groups excluding tert-OH is 1. The highest BCUT2D eigenvalue weighted by Crippen LogP contribution is 2.24. The summed E-state index contributed by atoms with van der Waals surface area (Å²) in [6.45, 7) is 3.35. The van der Waals surface area contributed by atoms with Crippen LogP contribution < -0.4 is 5.32 Å². The first-order valence-electron chi connectivity index (χ1n) is 8.64. The topological polar surface area (TPSA) is 65.5 Å². The number of nitrogens with one attached hydrogen (secondary N) is 1. The maximum absolute atomic E-state index is 12.1. The predicted octanol–water partition coefficient (Wildman–Crippen LogP) is 2.97. The number of nitrogens with zero attached hydrogens (tertiary/aromatic N) is 2. The van der Waals surface area contributed by atoms with Crippen molar-refractivity contribution in [3.05, 3.63) is 16.1 Å². The van der Waals surface area contributed by atoms with Gasteiger partial charge in [0, 0.05) is 37.1 Å². The molecule has 1 saturated carbocycles. The Morgan fingerprint density at radius 2 is 2.22 bits per heavy atom. The van der Waals surface area contributed by atoms with Crippen LogP contribution in [0.1, 0.15) is 49.2 Å². The Balaban J connectivity index is 1.58. The van der Waals surface area contributed by atoms with Crippen LogP contribution in [0.3, 0.4) is 0 Å². The lowest BCUT2D eigenvalue weighted by Crippen LogP contribution is -2.43. The maximum atomic E-state index is 12.1. The minimum atomic E-state index is -0.249. The lowest BCUT2D eigenvalue weighted by molar-refractivity contribution is 0.0565. The van der Waals surface area contributed by atoms with Gasteiger partial charge in [0.15, 0.2) is 0 Å². The van der Waals surface area contributed by atoms with Gasteiger partial charge in [-0.05, 0) is 39.0 Å². The third-order valence-corrected chi connectivity index (χ3v) is 5.51. The van der Waals surface area contributed by atoms with E-state index in [2.05, 4.69) is 15.7 Å². The number of aromatic nitrogens is 1. The Morgan fingerprint density at radius 1 is 1.43 bits per heavy atom. The molecule has 0 radical (unpaired) electrons. The number of aliphatic hydroxyl groups is 1.